The number of anilines is 1. The third-order valence-electron chi connectivity index (χ3n) is 2.10. The van der Waals surface area contributed by atoms with E-state index >= 15 is 0 Å². The third-order valence-corrected chi connectivity index (χ3v) is 2.94. The minimum Gasteiger partial charge on any atom is -0.382 e. The van der Waals surface area contributed by atoms with Gasteiger partial charge in [0.1, 0.15) is 0 Å². The summed E-state index contributed by atoms with van der Waals surface area (Å²) in [4.78, 5) is 10.3. The molecule has 0 amide bonds. The molecule has 0 aliphatic carbocycles. The summed E-state index contributed by atoms with van der Waals surface area (Å²) in [6.07, 6.45) is 2.04. The van der Waals surface area contributed by atoms with Gasteiger partial charge in [0, 0.05) is 29.6 Å². The van der Waals surface area contributed by atoms with Gasteiger partial charge in [-0.2, -0.15) is 11.8 Å². The summed E-state index contributed by atoms with van der Waals surface area (Å²) >= 11 is 1.75. The third kappa shape index (κ3) is 3.73. The summed E-state index contributed by atoms with van der Waals surface area (Å²) in [6.45, 7) is 3.92. The average molecular weight is 240 g/mol. The molecule has 0 heterocycles. The van der Waals surface area contributed by atoms with E-state index in [1.807, 2.05) is 19.2 Å². The van der Waals surface area contributed by atoms with Crippen LogP contribution in [0.1, 0.15) is 12.5 Å². The fraction of sp³-hybridized carbons (Fsp3) is 0.455. The number of nitro benzene ring substituents is 1. The Bertz CT molecular complexity index is 382. The highest BCUT2D eigenvalue weighted by molar-refractivity contribution is 7.98. The number of hydrogen-bond donors (Lipinski definition) is 1. The van der Waals surface area contributed by atoms with Gasteiger partial charge in [0.25, 0.3) is 5.69 Å². The lowest BCUT2D eigenvalue weighted by Crippen LogP contribution is -2.17. The lowest BCUT2D eigenvalue weighted by Gasteiger charge is -2.14. The van der Waals surface area contributed by atoms with Crippen LogP contribution in [0.3, 0.4) is 0 Å². The molecule has 0 bridgehead atoms. The number of thioether (sulfide) groups is 1. The molecule has 0 aromatic heterocycles. The molecule has 0 fully saturated rings. The monoisotopic (exact) mass is 240 g/mol. The Morgan fingerprint density at radius 2 is 2.19 bits per heavy atom. The van der Waals surface area contributed by atoms with Crippen LogP contribution in [-0.2, 0) is 0 Å². The van der Waals surface area contributed by atoms with Crippen molar-refractivity contribution in [1.82, 2.24) is 0 Å². The van der Waals surface area contributed by atoms with E-state index in [1.54, 1.807) is 23.9 Å². The van der Waals surface area contributed by atoms with Crippen molar-refractivity contribution in [3.63, 3.8) is 0 Å². The first-order chi connectivity index (χ1) is 7.52. The molecule has 1 aromatic carbocycles. The van der Waals surface area contributed by atoms with Crippen molar-refractivity contribution in [3.8, 4) is 0 Å². The summed E-state index contributed by atoms with van der Waals surface area (Å²) < 4.78 is 0. The Labute approximate surface area is 99.6 Å². The zero-order valence-corrected chi connectivity index (χ0v) is 10.5. The van der Waals surface area contributed by atoms with Crippen LogP contribution < -0.4 is 5.32 Å². The van der Waals surface area contributed by atoms with E-state index in [1.165, 1.54) is 0 Å². The Morgan fingerprint density at radius 1 is 1.50 bits per heavy atom. The number of non-ortho nitro benzene ring substituents is 1. The van der Waals surface area contributed by atoms with E-state index in [0.29, 0.717) is 6.04 Å². The number of nitro groups is 1. The van der Waals surface area contributed by atoms with Crippen LogP contribution in [0.4, 0.5) is 11.4 Å². The van der Waals surface area contributed by atoms with Crippen molar-refractivity contribution in [2.24, 2.45) is 0 Å². The zero-order chi connectivity index (χ0) is 12.1. The lowest BCUT2D eigenvalue weighted by molar-refractivity contribution is -0.384. The van der Waals surface area contributed by atoms with E-state index in [4.69, 9.17) is 0 Å². The predicted octanol–water partition coefficient (Wildman–Crippen LogP) is 3.07. The summed E-state index contributed by atoms with van der Waals surface area (Å²) in [7, 11) is 0. The first-order valence-electron chi connectivity index (χ1n) is 5.04. The van der Waals surface area contributed by atoms with Crippen LogP contribution in [0.15, 0.2) is 18.2 Å². The van der Waals surface area contributed by atoms with Crippen LogP contribution in [0, 0.1) is 17.0 Å². The molecule has 1 aromatic rings. The summed E-state index contributed by atoms with van der Waals surface area (Å²) in [5, 5.41) is 13.9. The lowest BCUT2D eigenvalue weighted by atomic mass is 10.2. The van der Waals surface area contributed by atoms with Gasteiger partial charge in [-0.05, 0) is 31.7 Å². The molecule has 4 nitrogen and oxygen atoms in total. The number of hydrogen-bond acceptors (Lipinski definition) is 4. The smallest absolute Gasteiger partial charge is 0.271 e. The van der Waals surface area contributed by atoms with E-state index < -0.39 is 0 Å². The number of rotatable bonds is 5. The molecule has 1 atom stereocenters. The highest BCUT2D eigenvalue weighted by atomic mass is 32.2. The molecule has 88 valence electrons. The topological polar surface area (TPSA) is 55.2 Å². The van der Waals surface area contributed by atoms with E-state index in [2.05, 4.69) is 12.2 Å². The second kappa shape index (κ2) is 5.75. The molecule has 0 saturated carbocycles. The van der Waals surface area contributed by atoms with Crippen LogP contribution in [0.5, 0.6) is 0 Å². The first-order valence-corrected chi connectivity index (χ1v) is 6.44. The van der Waals surface area contributed by atoms with Crippen LogP contribution >= 0.6 is 11.8 Å². The quantitative estimate of drug-likeness (QED) is 0.634. The molecule has 5 heteroatoms. The fourth-order valence-corrected chi connectivity index (χ4v) is 2.11. The zero-order valence-electron chi connectivity index (χ0n) is 9.69. The second-order valence-electron chi connectivity index (χ2n) is 3.82. The maximum absolute atomic E-state index is 10.7. The SMILES string of the molecule is CSCC(C)Nc1cc(C)cc([N+](=O)[O-])c1. The highest BCUT2D eigenvalue weighted by Crippen LogP contribution is 2.21. The molecule has 1 N–H and O–H groups in total. The van der Waals surface area contributed by atoms with Gasteiger partial charge in [0.15, 0.2) is 0 Å². The van der Waals surface area contributed by atoms with Crippen molar-refractivity contribution in [2.75, 3.05) is 17.3 Å². The van der Waals surface area contributed by atoms with Gasteiger partial charge in [0.05, 0.1) is 4.92 Å². The molecule has 0 saturated heterocycles. The fourth-order valence-electron chi connectivity index (χ4n) is 1.53. The van der Waals surface area contributed by atoms with Gasteiger partial charge in [-0.15, -0.1) is 0 Å². The maximum atomic E-state index is 10.7. The van der Waals surface area contributed by atoms with E-state index in [-0.39, 0.29) is 10.6 Å². The van der Waals surface area contributed by atoms with Gasteiger partial charge < -0.3 is 5.32 Å². The molecular formula is C11H16N2O2S. The normalized spacial score (nSPS) is 12.2. The molecule has 0 spiro atoms. The molecule has 0 radical (unpaired) electrons. The molecule has 0 aliphatic rings. The van der Waals surface area contributed by atoms with Gasteiger partial charge in [-0.1, -0.05) is 0 Å². The minimum absolute atomic E-state index is 0.138. The predicted molar refractivity (Wildman–Crippen MR) is 69.3 cm³/mol. The first kappa shape index (κ1) is 12.8. The van der Waals surface area contributed by atoms with Crippen molar-refractivity contribution in [2.45, 2.75) is 19.9 Å². The Kier molecular flexibility index (Phi) is 4.61. The van der Waals surface area contributed by atoms with Crippen LogP contribution in [-0.4, -0.2) is 23.0 Å². The maximum Gasteiger partial charge on any atom is 0.271 e. The van der Waals surface area contributed by atoms with Crippen molar-refractivity contribution in [1.29, 1.82) is 0 Å². The van der Waals surface area contributed by atoms with Crippen LogP contribution in [0.25, 0.3) is 0 Å². The summed E-state index contributed by atoms with van der Waals surface area (Å²) in [6, 6.07) is 5.37. The molecule has 16 heavy (non-hydrogen) atoms. The Balaban J connectivity index is 2.84. The highest BCUT2D eigenvalue weighted by Gasteiger charge is 2.09. The van der Waals surface area contributed by atoms with Gasteiger partial charge in [-0.25, -0.2) is 0 Å². The number of nitrogens with one attached hydrogen (secondary N) is 1. The standard InChI is InChI=1S/C11H16N2O2S/c1-8-4-10(12-9(2)7-16-3)6-11(5-8)13(14)15/h4-6,9,12H,7H2,1-3H3. The Morgan fingerprint density at radius 3 is 2.75 bits per heavy atom. The van der Waals surface area contributed by atoms with Gasteiger partial charge in [0.2, 0.25) is 0 Å². The van der Waals surface area contributed by atoms with Crippen molar-refractivity contribution >= 4 is 23.1 Å². The molecule has 0 aliphatic heterocycles. The van der Waals surface area contributed by atoms with Crippen molar-refractivity contribution < 1.29 is 4.92 Å². The van der Waals surface area contributed by atoms with Gasteiger partial charge >= 0.3 is 0 Å². The molecular weight excluding hydrogens is 224 g/mol. The number of nitrogens with zero attached hydrogens (tertiary/aromatic N) is 1. The number of benzene rings is 1. The molecule has 1 rings (SSSR count). The van der Waals surface area contributed by atoms with E-state index in [9.17, 15) is 10.1 Å². The van der Waals surface area contributed by atoms with Crippen LogP contribution in [0.2, 0.25) is 0 Å². The average Bonchev–Trinajstić information content (AvgIpc) is 2.16. The Hall–Kier alpha value is -1.23. The minimum atomic E-state index is -0.364. The second-order valence-corrected chi connectivity index (χ2v) is 4.73. The summed E-state index contributed by atoms with van der Waals surface area (Å²) in [5.41, 5.74) is 1.85. The van der Waals surface area contributed by atoms with Gasteiger partial charge in [-0.3, -0.25) is 10.1 Å². The van der Waals surface area contributed by atoms with Crippen molar-refractivity contribution in [3.05, 3.63) is 33.9 Å². The summed E-state index contributed by atoms with van der Waals surface area (Å²) in [5.74, 6) is 0.974. The van der Waals surface area contributed by atoms with E-state index in [0.717, 1.165) is 17.0 Å². The molecule has 1 unspecified atom stereocenters. The number of aryl methyl sites for hydroxylation is 1. The largest absolute Gasteiger partial charge is 0.382 e.